The van der Waals surface area contributed by atoms with Gasteiger partial charge in [0.1, 0.15) is 0 Å². The molecule has 0 spiro atoms. The fourth-order valence-electron chi connectivity index (χ4n) is 1.14. The lowest BCUT2D eigenvalue weighted by atomic mass is 10.4. The molecule has 3 N–H and O–H groups in total. The van der Waals surface area contributed by atoms with Gasteiger partial charge in [0, 0.05) is 6.54 Å². The molecule has 0 fully saturated rings. The summed E-state index contributed by atoms with van der Waals surface area (Å²) in [5.74, 6) is 0.497. The molecule has 12 heavy (non-hydrogen) atoms. The summed E-state index contributed by atoms with van der Waals surface area (Å²) in [4.78, 5) is 9.23. The van der Waals surface area contributed by atoms with E-state index in [1.165, 1.54) is 0 Å². The van der Waals surface area contributed by atoms with Crippen molar-refractivity contribution in [3.05, 3.63) is 11.9 Å². The molecule has 68 valence electrons. The third kappa shape index (κ3) is 2.23. The smallest absolute Gasteiger partial charge is 0.197 e. The Kier molecular flexibility index (Phi) is 3.10. The zero-order valence-corrected chi connectivity index (χ0v) is 7.67. The van der Waals surface area contributed by atoms with Gasteiger partial charge in [-0.05, 0) is 13.1 Å². The van der Waals surface area contributed by atoms with Crippen molar-refractivity contribution in [1.82, 2.24) is 14.9 Å². The van der Waals surface area contributed by atoms with Crippen molar-refractivity contribution in [2.45, 2.75) is 20.4 Å². The summed E-state index contributed by atoms with van der Waals surface area (Å²) in [5.41, 5.74) is 6.53. The van der Waals surface area contributed by atoms with Crippen LogP contribution in [0.25, 0.3) is 0 Å². The van der Waals surface area contributed by atoms with Gasteiger partial charge in [-0.15, -0.1) is 0 Å². The second-order valence-electron chi connectivity index (χ2n) is 2.76. The second-order valence-corrected chi connectivity index (χ2v) is 2.76. The normalized spacial score (nSPS) is 10.9. The Balaban J connectivity index is 2.50. The zero-order valence-electron chi connectivity index (χ0n) is 7.67. The average molecular weight is 168 g/mol. The Morgan fingerprint density at radius 2 is 2.17 bits per heavy atom. The van der Waals surface area contributed by atoms with E-state index in [2.05, 4.69) is 28.7 Å². The van der Waals surface area contributed by atoms with Gasteiger partial charge in [0.25, 0.3) is 0 Å². The molecule has 0 radical (unpaired) electrons. The van der Waals surface area contributed by atoms with Gasteiger partial charge in [0.05, 0.1) is 11.9 Å². The van der Waals surface area contributed by atoms with Crippen LogP contribution in [0.2, 0.25) is 0 Å². The highest BCUT2D eigenvalue weighted by molar-refractivity contribution is 5.18. The van der Waals surface area contributed by atoms with Crippen molar-refractivity contribution < 1.29 is 0 Å². The Labute approximate surface area is 72.8 Å². The molecule has 0 amide bonds. The van der Waals surface area contributed by atoms with E-state index in [0.29, 0.717) is 5.95 Å². The van der Waals surface area contributed by atoms with Gasteiger partial charge in [-0.3, -0.25) is 4.90 Å². The molecule has 0 bridgehead atoms. The van der Waals surface area contributed by atoms with Gasteiger partial charge >= 0.3 is 0 Å². The number of aromatic nitrogens is 2. The van der Waals surface area contributed by atoms with E-state index in [-0.39, 0.29) is 0 Å². The van der Waals surface area contributed by atoms with E-state index in [1.54, 1.807) is 6.20 Å². The van der Waals surface area contributed by atoms with E-state index in [0.717, 1.165) is 25.3 Å². The lowest BCUT2D eigenvalue weighted by Gasteiger charge is -2.16. The Morgan fingerprint density at radius 1 is 1.50 bits per heavy atom. The van der Waals surface area contributed by atoms with Crippen LogP contribution in [0.3, 0.4) is 0 Å². The maximum atomic E-state index is 5.45. The van der Waals surface area contributed by atoms with Crippen molar-refractivity contribution in [3.8, 4) is 0 Å². The molecule has 0 saturated heterocycles. The molecule has 4 heteroatoms. The Morgan fingerprint density at radius 3 is 2.58 bits per heavy atom. The van der Waals surface area contributed by atoms with Crippen LogP contribution in [0.15, 0.2) is 6.20 Å². The van der Waals surface area contributed by atoms with E-state index < -0.39 is 0 Å². The highest BCUT2D eigenvalue weighted by Crippen LogP contribution is 2.02. The molecule has 0 aromatic carbocycles. The largest absolute Gasteiger partial charge is 0.369 e. The molecule has 1 aromatic heterocycles. The summed E-state index contributed by atoms with van der Waals surface area (Å²) in [6, 6.07) is 0. The second kappa shape index (κ2) is 4.11. The molecule has 0 saturated carbocycles. The fraction of sp³-hybridized carbons (Fsp3) is 0.625. The molecular weight excluding hydrogens is 152 g/mol. The molecule has 1 heterocycles. The predicted octanol–water partition coefficient (Wildman–Crippen LogP) is 0.834. The standard InChI is InChI=1S/C8H16N4/c1-3-12(4-2)6-7-5-10-8(9)11-7/h5H,3-4,6H2,1-2H3,(H3,9,10,11). The summed E-state index contributed by atoms with van der Waals surface area (Å²) >= 11 is 0. The number of hydrogen-bond donors (Lipinski definition) is 2. The minimum atomic E-state index is 0.497. The van der Waals surface area contributed by atoms with E-state index in [4.69, 9.17) is 5.73 Å². The SMILES string of the molecule is CCN(CC)Cc1cnc(N)[nH]1. The van der Waals surface area contributed by atoms with Gasteiger partial charge in [-0.1, -0.05) is 13.8 Å². The average Bonchev–Trinajstić information content (AvgIpc) is 2.47. The number of anilines is 1. The number of imidazole rings is 1. The molecular formula is C8H16N4. The van der Waals surface area contributed by atoms with Crippen LogP contribution in [-0.2, 0) is 6.54 Å². The van der Waals surface area contributed by atoms with Crippen molar-refractivity contribution in [2.24, 2.45) is 0 Å². The Bertz CT molecular complexity index is 227. The summed E-state index contributed by atoms with van der Waals surface area (Å²) in [5, 5.41) is 0. The minimum absolute atomic E-state index is 0.497. The number of nitrogens with one attached hydrogen (secondary N) is 1. The quantitative estimate of drug-likeness (QED) is 0.700. The topological polar surface area (TPSA) is 57.9 Å². The minimum Gasteiger partial charge on any atom is -0.369 e. The summed E-state index contributed by atoms with van der Waals surface area (Å²) in [6.07, 6.45) is 1.79. The van der Waals surface area contributed by atoms with Gasteiger partial charge in [0.2, 0.25) is 0 Å². The van der Waals surface area contributed by atoms with Gasteiger partial charge in [-0.2, -0.15) is 0 Å². The van der Waals surface area contributed by atoms with Crippen LogP contribution in [0.5, 0.6) is 0 Å². The molecule has 1 rings (SSSR count). The zero-order chi connectivity index (χ0) is 8.97. The van der Waals surface area contributed by atoms with Crippen LogP contribution in [0, 0.1) is 0 Å². The van der Waals surface area contributed by atoms with Crippen LogP contribution in [0.4, 0.5) is 5.95 Å². The van der Waals surface area contributed by atoms with E-state index >= 15 is 0 Å². The number of H-pyrrole nitrogens is 1. The van der Waals surface area contributed by atoms with Crippen LogP contribution in [0.1, 0.15) is 19.5 Å². The van der Waals surface area contributed by atoms with Crippen LogP contribution < -0.4 is 5.73 Å². The highest BCUT2D eigenvalue weighted by atomic mass is 15.1. The number of nitrogen functional groups attached to an aromatic ring is 1. The van der Waals surface area contributed by atoms with Gasteiger partial charge in [0.15, 0.2) is 5.95 Å². The molecule has 0 atom stereocenters. The first-order chi connectivity index (χ1) is 5.76. The highest BCUT2D eigenvalue weighted by Gasteiger charge is 2.02. The molecule has 1 aromatic rings. The number of aromatic amines is 1. The number of rotatable bonds is 4. The maximum Gasteiger partial charge on any atom is 0.197 e. The molecule has 0 aliphatic rings. The van der Waals surface area contributed by atoms with Crippen LogP contribution in [-0.4, -0.2) is 28.0 Å². The summed E-state index contributed by atoms with van der Waals surface area (Å²) < 4.78 is 0. The maximum absolute atomic E-state index is 5.45. The Hall–Kier alpha value is -1.03. The van der Waals surface area contributed by atoms with E-state index in [1.807, 2.05) is 0 Å². The first kappa shape index (κ1) is 9.06. The number of nitrogens with two attached hydrogens (primary N) is 1. The molecule has 0 aliphatic heterocycles. The predicted molar refractivity (Wildman–Crippen MR) is 49.6 cm³/mol. The van der Waals surface area contributed by atoms with Gasteiger partial charge < -0.3 is 10.7 Å². The summed E-state index contributed by atoms with van der Waals surface area (Å²) in [6.45, 7) is 7.29. The van der Waals surface area contributed by atoms with Crippen molar-refractivity contribution in [1.29, 1.82) is 0 Å². The third-order valence-corrected chi connectivity index (χ3v) is 1.94. The first-order valence-electron chi connectivity index (χ1n) is 4.28. The lowest BCUT2D eigenvalue weighted by Crippen LogP contribution is -2.22. The first-order valence-corrected chi connectivity index (χ1v) is 4.28. The lowest BCUT2D eigenvalue weighted by molar-refractivity contribution is 0.293. The number of nitrogens with zero attached hydrogens (tertiary/aromatic N) is 2. The fourth-order valence-corrected chi connectivity index (χ4v) is 1.14. The monoisotopic (exact) mass is 168 g/mol. The molecule has 0 unspecified atom stereocenters. The van der Waals surface area contributed by atoms with Crippen molar-refractivity contribution in [3.63, 3.8) is 0 Å². The molecule has 0 aliphatic carbocycles. The molecule has 4 nitrogen and oxygen atoms in total. The van der Waals surface area contributed by atoms with Crippen molar-refractivity contribution in [2.75, 3.05) is 18.8 Å². The van der Waals surface area contributed by atoms with Gasteiger partial charge in [-0.25, -0.2) is 4.98 Å². The van der Waals surface area contributed by atoms with E-state index in [9.17, 15) is 0 Å². The summed E-state index contributed by atoms with van der Waals surface area (Å²) in [7, 11) is 0. The van der Waals surface area contributed by atoms with Crippen LogP contribution >= 0.6 is 0 Å². The third-order valence-electron chi connectivity index (χ3n) is 1.94. The number of hydrogen-bond acceptors (Lipinski definition) is 3. The van der Waals surface area contributed by atoms with Crippen molar-refractivity contribution >= 4 is 5.95 Å².